The molecule has 0 aromatic heterocycles. The predicted molar refractivity (Wildman–Crippen MR) is 69.8 cm³/mol. The molecule has 0 aliphatic heterocycles. The molecule has 1 rings (SSSR count). The zero-order valence-corrected chi connectivity index (χ0v) is 11.3. The minimum Gasteiger partial charge on any atom is -0.374 e. The first-order chi connectivity index (χ1) is 7.79. The number of nitrogens with one attached hydrogen (secondary N) is 1. The fourth-order valence-corrected chi connectivity index (χ4v) is 3.01. The van der Waals surface area contributed by atoms with Gasteiger partial charge in [0.25, 0.3) is 0 Å². The van der Waals surface area contributed by atoms with E-state index in [4.69, 9.17) is 4.74 Å². The summed E-state index contributed by atoms with van der Waals surface area (Å²) in [5.74, 6) is 0. The summed E-state index contributed by atoms with van der Waals surface area (Å²) in [6.07, 6.45) is 8.89. The highest BCUT2D eigenvalue weighted by Gasteiger charge is 2.41. The van der Waals surface area contributed by atoms with Crippen LogP contribution in [0, 0.1) is 0 Å². The summed E-state index contributed by atoms with van der Waals surface area (Å²) in [6.45, 7) is 8.61. The Hall–Kier alpha value is -0.0800. The van der Waals surface area contributed by atoms with Crippen LogP contribution in [-0.4, -0.2) is 24.8 Å². The van der Waals surface area contributed by atoms with Gasteiger partial charge in [0, 0.05) is 12.6 Å². The number of rotatable bonds is 8. The molecule has 0 amide bonds. The highest BCUT2D eigenvalue weighted by molar-refractivity contribution is 4.96. The fraction of sp³-hybridized carbons (Fsp3) is 1.00. The molecule has 1 aliphatic carbocycles. The van der Waals surface area contributed by atoms with Gasteiger partial charge in [0.1, 0.15) is 0 Å². The second kappa shape index (κ2) is 7.29. The maximum absolute atomic E-state index is 6.14. The zero-order valence-electron chi connectivity index (χ0n) is 11.3. The van der Waals surface area contributed by atoms with Crippen molar-refractivity contribution in [2.45, 2.75) is 77.4 Å². The Morgan fingerprint density at radius 2 is 1.81 bits per heavy atom. The molecular weight excluding hydrogens is 198 g/mol. The van der Waals surface area contributed by atoms with Gasteiger partial charge < -0.3 is 10.1 Å². The van der Waals surface area contributed by atoms with E-state index in [-0.39, 0.29) is 5.60 Å². The van der Waals surface area contributed by atoms with Crippen LogP contribution in [0.5, 0.6) is 0 Å². The average molecular weight is 227 g/mol. The van der Waals surface area contributed by atoms with Crippen LogP contribution in [-0.2, 0) is 4.74 Å². The van der Waals surface area contributed by atoms with E-state index in [1.165, 1.54) is 44.9 Å². The van der Waals surface area contributed by atoms with Crippen LogP contribution < -0.4 is 5.32 Å². The molecule has 1 aliphatic rings. The molecule has 1 N–H and O–H groups in total. The van der Waals surface area contributed by atoms with Crippen molar-refractivity contribution in [3.63, 3.8) is 0 Å². The monoisotopic (exact) mass is 227 g/mol. The maximum Gasteiger partial charge on any atom is 0.0834 e. The van der Waals surface area contributed by atoms with Crippen LogP contribution in [0.3, 0.4) is 0 Å². The van der Waals surface area contributed by atoms with E-state index in [0.717, 1.165) is 13.2 Å². The van der Waals surface area contributed by atoms with Crippen molar-refractivity contribution in [1.82, 2.24) is 5.32 Å². The molecule has 0 heterocycles. The second-order valence-corrected chi connectivity index (χ2v) is 5.00. The quantitative estimate of drug-likeness (QED) is 0.685. The molecule has 96 valence electrons. The standard InChI is InChI=1S/C14H29NO/c1-4-9-13(15-12-5-2)14(16-6-3)10-7-8-11-14/h13,15H,4-12H2,1-3H3. The summed E-state index contributed by atoms with van der Waals surface area (Å²) in [5, 5.41) is 3.71. The van der Waals surface area contributed by atoms with E-state index >= 15 is 0 Å². The Bertz CT molecular complexity index is 176. The van der Waals surface area contributed by atoms with Crippen LogP contribution in [0.25, 0.3) is 0 Å². The van der Waals surface area contributed by atoms with Crippen molar-refractivity contribution in [3.05, 3.63) is 0 Å². The number of hydrogen-bond acceptors (Lipinski definition) is 2. The molecule has 1 fully saturated rings. The Morgan fingerprint density at radius 1 is 1.12 bits per heavy atom. The van der Waals surface area contributed by atoms with Gasteiger partial charge in [-0.05, 0) is 39.2 Å². The van der Waals surface area contributed by atoms with Crippen LogP contribution in [0.2, 0.25) is 0 Å². The summed E-state index contributed by atoms with van der Waals surface area (Å²) in [7, 11) is 0. The van der Waals surface area contributed by atoms with Gasteiger partial charge in [-0.2, -0.15) is 0 Å². The van der Waals surface area contributed by atoms with Crippen molar-refractivity contribution in [2.75, 3.05) is 13.2 Å². The summed E-state index contributed by atoms with van der Waals surface area (Å²) in [4.78, 5) is 0. The van der Waals surface area contributed by atoms with Gasteiger partial charge in [0.15, 0.2) is 0 Å². The van der Waals surface area contributed by atoms with Gasteiger partial charge >= 0.3 is 0 Å². The van der Waals surface area contributed by atoms with E-state index in [2.05, 4.69) is 26.1 Å². The topological polar surface area (TPSA) is 21.3 Å². The Morgan fingerprint density at radius 3 is 2.31 bits per heavy atom. The maximum atomic E-state index is 6.14. The third-order valence-corrected chi connectivity index (χ3v) is 3.73. The lowest BCUT2D eigenvalue weighted by atomic mass is 9.88. The molecule has 2 heteroatoms. The molecule has 0 bridgehead atoms. The Labute approximate surface area is 101 Å². The van der Waals surface area contributed by atoms with Crippen molar-refractivity contribution >= 4 is 0 Å². The molecule has 0 aromatic rings. The highest BCUT2D eigenvalue weighted by atomic mass is 16.5. The third-order valence-electron chi connectivity index (χ3n) is 3.73. The molecule has 1 unspecified atom stereocenters. The molecule has 2 nitrogen and oxygen atoms in total. The molecule has 0 spiro atoms. The van der Waals surface area contributed by atoms with Crippen molar-refractivity contribution in [2.24, 2.45) is 0 Å². The zero-order chi connectivity index (χ0) is 11.9. The fourth-order valence-electron chi connectivity index (χ4n) is 3.01. The van der Waals surface area contributed by atoms with E-state index in [0.29, 0.717) is 6.04 Å². The van der Waals surface area contributed by atoms with Crippen LogP contribution >= 0.6 is 0 Å². The largest absolute Gasteiger partial charge is 0.374 e. The lowest BCUT2D eigenvalue weighted by molar-refractivity contribution is -0.0632. The minimum atomic E-state index is 0.153. The third kappa shape index (κ3) is 3.46. The summed E-state index contributed by atoms with van der Waals surface area (Å²) >= 11 is 0. The van der Waals surface area contributed by atoms with Gasteiger partial charge in [0.05, 0.1) is 5.60 Å². The SMILES string of the molecule is CCCNC(CCC)C1(OCC)CCCC1. The van der Waals surface area contributed by atoms with Gasteiger partial charge in [-0.25, -0.2) is 0 Å². The van der Waals surface area contributed by atoms with Crippen molar-refractivity contribution in [3.8, 4) is 0 Å². The van der Waals surface area contributed by atoms with E-state index in [1.54, 1.807) is 0 Å². The predicted octanol–water partition coefficient (Wildman–Crippen LogP) is 3.50. The molecule has 0 aromatic carbocycles. The first-order valence-corrected chi connectivity index (χ1v) is 7.16. The van der Waals surface area contributed by atoms with Gasteiger partial charge in [-0.3, -0.25) is 0 Å². The van der Waals surface area contributed by atoms with Crippen LogP contribution in [0.15, 0.2) is 0 Å². The highest BCUT2D eigenvalue weighted by Crippen LogP contribution is 2.37. The minimum absolute atomic E-state index is 0.153. The molecule has 0 radical (unpaired) electrons. The van der Waals surface area contributed by atoms with Gasteiger partial charge in [-0.15, -0.1) is 0 Å². The van der Waals surface area contributed by atoms with Gasteiger partial charge in [0.2, 0.25) is 0 Å². The first-order valence-electron chi connectivity index (χ1n) is 7.16. The first kappa shape index (κ1) is 14.0. The average Bonchev–Trinajstić information content (AvgIpc) is 2.74. The lowest BCUT2D eigenvalue weighted by Crippen LogP contribution is -2.51. The van der Waals surface area contributed by atoms with Crippen LogP contribution in [0.4, 0.5) is 0 Å². The molecular formula is C14H29NO. The summed E-state index contributed by atoms with van der Waals surface area (Å²) in [5.41, 5.74) is 0.153. The number of ether oxygens (including phenoxy) is 1. The Kier molecular flexibility index (Phi) is 6.37. The molecule has 1 atom stereocenters. The summed E-state index contributed by atoms with van der Waals surface area (Å²) < 4.78 is 6.14. The molecule has 16 heavy (non-hydrogen) atoms. The lowest BCUT2D eigenvalue weighted by Gasteiger charge is -2.38. The van der Waals surface area contributed by atoms with Crippen LogP contribution in [0.1, 0.15) is 65.7 Å². The van der Waals surface area contributed by atoms with E-state index in [9.17, 15) is 0 Å². The smallest absolute Gasteiger partial charge is 0.0834 e. The van der Waals surface area contributed by atoms with Crippen molar-refractivity contribution < 1.29 is 4.74 Å². The normalized spacial score (nSPS) is 21.2. The van der Waals surface area contributed by atoms with Crippen molar-refractivity contribution in [1.29, 1.82) is 0 Å². The van der Waals surface area contributed by atoms with Gasteiger partial charge in [-0.1, -0.05) is 33.1 Å². The second-order valence-electron chi connectivity index (χ2n) is 5.00. The number of hydrogen-bond donors (Lipinski definition) is 1. The molecule has 1 saturated carbocycles. The Balaban J connectivity index is 2.62. The molecule has 0 saturated heterocycles. The van der Waals surface area contributed by atoms with E-state index < -0.39 is 0 Å². The van der Waals surface area contributed by atoms with E-state index in [1.807, 2.05) is 0 Å². The summed E-state index contributed by atoms with van der Waals surface area (Å²) in [6, 6.07) is 0.569.